The summed E-state index contributed by atoms with van der Waals surface area (Å²) in [6, 6.07) is 0. The summed E-state index contributed by atoms with van der Waals surface area (Å²) in [5, 5.41) is 0. The van der Waals surface area contributed by atoms with E-state index >= 15 is 0 Å². The minimum absolute atomic E-state index is 0.113. The number of hydrogen-bond donors (Lipinski definition) is 0. The second-order valence-corrected chi connectivity index (χ2v) is 2.73. The molecule has 1 aromatic heterocycles. The average molecular weight is 152 g/mol. The van der Waals surface area contributed by atoms with Gasteiger partial charge in [-0.25, -0.2) is 0 Å². The van der Waals surface area contributed by atoms with Crippen LogP contribution in [0.1, 0.15) is 17.1 Å². The van der Waals surface area contributed by atoms with Gasteiger partial charge in [0.15, 0.2) is 0 Å². The molecule has 11 heavy (non-hydrogen) atoms. The molecule has 3 nitrogen and oxygen atoms in total. The lowest BCUT2D eigenvalue weighted by Gasteiger charge is -2.08. The summed E-state index contributed by atoms with van der Waals surface area (Å²) < 4.78 is 1.91. The molecule has 0 radical (unpaired) electrons. The summed E-state index contributed by atoms with van der Waals surface area (Å²) in [6.45, 7) is 5.54. The van der Waals surface area contributed by atoms with E-state index in [9.17, 15) is 4.79 Å². The summed E-state index contributed by atoms with van der Waals surface area (Å²) in [7, 11) is 1.91. The third-order valence-electron chi connectivity index (χ3n) is 2.12. The summed E-state index contributed by atoms with van der Waals surface area (Å²) >= 11 is 0. The van der Waals surface area contributed by atoms with Crippen molar-refractivity contribution in [2.24, 2.45) is 7.05 Å². The summed E-state index contributed by atoms with van der Waals surface area (Å²) in [5.41, 5.74) is 1.61. The van der Waals surface area contributed by atoms with E-state index in [0.717, 1.165) is 17.1 Å². The molecule has 0 amide bonds. The second kappa shape index (κ2) is 2.49. The van der Waals surface area contributed by atoms with Gasteiger partial charge in [-0.3, -0.25) is 4.79 Å². The summed E-state index contributed by atoms with van der Waals surface area (Å²) in [5.74, 6) is 0.762. The van der Waals surface area contributed by atoms with Crippen LogP contribution in [0.3, 0.4) is 0 Å². The van der Waals surface area contributed by atoms with Crippen LogP contribution >= 0.6 is 0 Å². The maximum Gasteiger partial charge on any atom is 0.276 e. The fraction of sp³-hybridized carbons (Fsp3) is 0.500. The molecule has 0 atom stereocenters. The molecule has 0 saturated carbocycles. The van der Waals surface area contributed by atoms with E-state index in [4.69, 9.17) is 0 Å². The van der Waals surface area contributed by atoms with Crippen molar-refractivity contribution in [3.8, 4) is 0 Å². The van der Waals surface area contributed by atoms with Gasteiger partial charge in [-0.1, -0.05) is 0 Å². The van der Waals surface area contributed by atoms with Crippen LogP contribution in [0.2, 0.25) is 0 Å². The number of hydrogen-bond acceptors (Lipinski definition) is 2. The van der Waals surface area contributed by atoms with E-state index < -0.39 is 0 Å². The number of nitrogens with zero attached hydrogens (tertiary/aromatic N) is 2. The third kappa shape index (κ3) is 1.18. The molecule has 0 saturated heterocycles. The predicted octanol–water partition coefficient (Wildman–Crippen LogP) is 0.706. The maximum absolute atomic E-state index is 11.1. The highest BCUT2D eigenvalue weighted by Crippen LogP contribution is 1.99. The normalized spacial score (nSPS) is 10.2. The smallest absolute Gasteiger partial charge is 0.276 e. The predicted molar refractivity (Wildman–Crippen MR) is 43.7 cm³/mol. The number of rotatable bonds is 0. The Morgan fingerprint density at radius 1 is 1.27 bits per heavy atom. The Morgan fingerprint density at radius 3 is 2.36 bits per heavy atom. The lowest BCUT2D eigenvalue weighted by molar-refractivity contribution is 0.753. The van der Waals surface area contributed by atoms with Crippen molar-refractivity contribution in [2.75, 3.05) is 0 Å². The molecule has 0 aliphatic carbocycles. The first-order valence-electron chi connectivity index (χ1n) is 3.55. The molecule has 0 unspecified atom stereocenters. The fourth-order valence-corrected chi connectivity index (χ4v) is 0.955. The Hall–Kier alpha value is -1.12. The molecule has 1 heterocycles. The molecular weight excluding hydrogens is 140 g/mol. The first-order valence-corrected chi connectivity index (χ1v) is 3.55. The first-order chi connectivity index (χ1) is 5.04. The van der Waals surface area contributed by atoms with Gasteiger partial charge in [0.05, 0.1) is 0 Å². The summed E-state index contributed by atoms with van der Waals surface area (Å²) in [6.07, 6.45) is 0. The molecule has 1 rings (SSSR count). The Bertz CT molecular complexity index is 339. The van der Waals surface area contributed by atoms with Crippen molar-refractivity contribution in [3.05, 3.63) is 27.4 Å². The van der Waals surface area contributed by atoms with Crippen LogP contribution in [0.15, 0.2) is 4.79 Å². The van der Waals surface area contributed by atoms with Crippen LogP contribution in [0.25, 0.3) is 0 Å². The molecule has 3 heteroatoms. The highest BCUT2D eigenvalue weighted by Gasteiger charge is 2.02. The molecule has 1 aromatic rings. The molecular formula is C8H12N2O. The van der Waals surface area contributed by atoms with E-state index in [1.807, 2.05) is 25.5 Å². The van der Waals surface area contributed by atoms with E-state index in [1.165, 1.54) is 0 Å². The molecule has 0 N–H and O–H groups in total. The van der Waals surface area contributed by atoms with Gasteiger partial charge < -0.3 is 4.57 Å². The van der Waals surface area contributed by atoms with Crippen LogP contribution in [-0.2, 0) is 7.05 Å². The zero-order chi connectivity index (χ0) is 8.59. The molecule has 0 spiro atoms. The van der Waals surface area contributed by atoms with Gasteiger partial charge in [-0.15, -0.1) is 0 Å². The van der Waals surface area contributed by atoms with Gasteiger partial charge in [-0.05, 0) is 20.8 Å². The standard InChI is InChI=1S/C8H12N2O/c1-5-6(2)10(4)7(3)9-8(5)11/h1-4H3. The Balaban J connectivity index is 3.59. The number of aromatic nitrogens is 2. The average Bonchev–Trinajstić information content (AvgIpc) is 1.97. The largest absolute Gasteiger partial charge is 0.337 e. The Morgan fingerprint density at radius 2 is 1.82 bits per heavy atom. The van der Waals surface area contributed by atoms with E-state index in [0.29, 0.717) is 0 Å². The monoisotopic (exact) mass is 152 g/mol. The van der Waals surface area contributed by atoms with E-state index in [2.05, 4.69) is 4.98 Å². The third-order valence-corrected chi connectivity index (χ3v) is 2.12. The van der Waals surface area contributed by atoms with Gasteiger partial charge in [0.1, 0.15) is 5.82 Å². The zero-order valence-corrected chi connectivity index (χ0v) is 7.30. The van der Waals surface area contributed by atoms with Crippen LogP contribution in [-0.4, -0.2) is 9.55 Å². The molecule has 0 bridgehead atoms. The Kier molecular flexibility index (Phi) is 1.81. The van der Waals surface area contributed by atoms with Crippen molar-refractivity contribution in [1.82, 2.24) is 9.55 Å². The van der Waals surface area contributed by atoms with Gasteiger partial charge in [0.25, 0.3) is 5.56 Å². The molecule has 0 aliphatic heterocycles. The fourth-order valence-electron chi connectivity index (χ4n) is 0.955. The van der Waals surface area contributed by atoms with Crippen LogP contribution in [0.5, 0.6) is 0 Å². The lowest BCUT2D eigenvalue weighted by atomic mass is 10.2. The molecule has 0 aliphatic rings. The van der Waals surface area contributed by atoms with Gasteiger partial charge >= 0.3 is 0 Å². The molecule has 60 valence electrons. The quantitative estimate of drug-likeness (QED) is 0.548. The van der Waals surface area contributed by atoms with Crippen LogP contribution in [0, 0.1) is 20.8 Å². The lowest BCUT2D eigenvalue weighted by Crippen LogP contribution is -2.19. The van der Waals surface area contributed by atoms with Crippen molar-refractivity contribution < 1.29 is 0 Å². The van der Waals surface area contributed by atoms with Crippen molar-refractivity contribution in [2.45, 2.75) is 20.8 Å². The van der Waals surface area contributed by atoms with Crippen LogP contribution in [0.4, 0.5) is 0 Å². The highest BCUT2D eigenvalue weighted by atomic mass is 16.1. The van der Waals surface area contributed by atoms with Crippen molar-refractivity contribution in [1.29, 1.82) is 0 Å². The van der Waals surface area contributed by atoms with Crippen LogP contribution < -0.4 is 5.56 Å². The first kappa shape index (κ1) is 7.98. The zero-order valence-electron chi connectivity index (χ0n) is 7.30. The van der Waals surface area contributed by atoms with Crippen molar-refractivity contribution >= 4 is 0 Å². The number of aryl methyl sites for hydroxylation is 1. The second-order valence-electron chi connectivity index (χ2n) is 2.73. The van der Waals surface area contributed by atoms with Crippen molar-refractivity contribution in [3.63, 3.8) is 0 Å². The molecule has 0 fully saturated rings. The van der Waals surface area contributed by atoms with Gasteiger partial charge in [-0.2, -0.15) is 4.98 Å². The van der Waals surface area contributed by atoms with Gasteiger partial charge in [0, 0.05) is 18.3 Å². The van der Waals surface area contributed by atoms with E-state index in [-0.39, 0.29) is 5.56 Å². The highest BCUT2D eigenvalue weighted by molar-refractivity contribution is 5.15. The maximum atomic E-state index is 11.1. The van der Waals surface area contributed by atoms with E-state index in [1.54, 1.807) is 6.92 Å². The minimum Gasteiger partial charge on any atom is -0.337 e. The van der Waals surface area contributed by atoms with Gasteiger partial charge in [0.2, 0.25) is 0 Å². The summed E-state index contributed by atoms with van der Waals surface area (Å²) in [4.78, 5) is 14.9. The molecule has 0 aromatic carbocycles. The Labute approximate surface area is 65.7 Å². The topological polar surface area (TPSA) is 34.9 Å². The minimum atomic E-state index is -0.113. The SMILES string of the molecule is Cc1c(C)n(C)c(C)nc1=O.